The van der Waals surface area contributed by atoms with Gasteiger partial charge in [-0.15, -0.1) is 0 Å². The fourth-order valence-electron chi connectivity index (χ4n) is 1.07. The molecule has 1 fully saturated rings. The number of carbonyl (C=O) groups is 2. The summed E-state index contributed by atoms with van der Waals surface area (Å²) in [6.07, 6.45) is 0.860. The molecule has 2 N–H and O–H groups in total. The van der Waals surface area contributed by atoms with Crippen LogP contribution in [0.15, 0.2) is 0 Å². The quantitative estimate of drug-likeness (QED) is 0.553. The first-order valence-electron chi connectivity index (χ1n) is 5.00. The van der Waals surface area contributed by atoms with Crippen molar-refractivity contribution in [2.24, 2.45) is 11.7 Å². The van der Waals surface area contributed by atoms with Crippen molar-refractivity contribution >= 4 is 12.1 Å². The lowest BCUT2D eigenvalue weighted by Gasteiger charge is -2.18. The minimum Gasteiger partial charge on any atom is -0.428 e. The predicted molar refractivity (Wildman–Crippen MR) is 53.0 cm³/mol. The Kier molecular flexibility index (Phi) is 3.34. The maximum Gasteiger partial charge on any atom is 0.516 e. The number of hydrogen-bond donors (Lipinski definition) is 1. The highest BCUT2D eigenvalue weighted by molar-refractivity contribution is 5.85. The number of hydrogen-bond acceptors (Lipinski definition) is 5. The molecule has 0 saturated heterocycles. The van der Waals surface area contributed by atoms with E-state index in [0.717, 1.165) is 12.8 Å². The topological polar surface area (TPSA) is 78.6 Å². The van der Waals surface area contributed by atoms with Crippen molar-refractivity contribution in [2.45, 2.75) is 45.3 Å². The maximum absolute atomic E-state index is 11.3. The summed E-state index contributed by atoms with van der Waals surface area (Å²) in [5.41, 5.74) is 4.89. The number of carbonyl (C=O) groups excluding carboxylic acids is 2. The van der Waals surface area contributed by atoms with Gasteiger partial charge in [-0.05, 0) is 39.5 Å². The summed E-state index contributed by atoms with van der Waals surface area (Å²) in [6, 6.07) is -0.697. The van der Waals surface area contributed by atoms with Crippen molar-refractivity contribution in [3.63, 3.8) is 0 Å². The second kappa shape index (κ2) is 4.18. The first-order valence-corrected chi connectivity index (χ1v) is 5.00. The molecule has 1 atom stereocenters. The van der Waals surface area contributed by atoms with Crippen molar-refractivity contribution in [3.05, 3.63) is 0 Å². The second-order valence-corrected chi connectivity index (χ2v) is 4.75. The van der Waals surface area contributed by atoms with Gasteiger partial charge in [-0.2, -0.15) is 0 Å². The number of esters is 1. The highest BCUT2D eigenvalue weighted by Gasteiger charge is 2.36. The van der Waals surface area contributed by atoms with Crippen LogP contribution in [-0.4, -0.2) is 23.8 Å². The van der Waals surface area contributed by atoms with Gasteiger partial charge in [0.05, 0.1) is 0 Å². The highest BCUT2D eigenvalue weighted by Crippen LogP contribution is 2.32. The molecule has 86 valence electrons. The van der Waals surface area contributed by atoms with Crippen molar-refractivity contribution < 1.29 is 19.1 Å². The van der Waals surface area contributed by atoms with Gasteiger partial charge >= 0.3 is 12.1 Å². The first-order chi connectivity index (χ1) is 6.79. The van der Waals surface area contributed by atoms with Gasteiger partial charge < -0.3 is 15.2 Å². The molecule has 1 aliphatic carbocycles. The Morgan fingerprint density at radius 3 is 2.27 bits per heavy atom. The maximum atomic E-state index is 11.3. The third-order valence-corrected chi connectivity index (χ3v) is 1.98. The van der Waals surface area contributed by atoms with Crippen LogP contribution in [0.3, 0.4) is 0 Å². The van der Waals surface area contributed by atoms with Gasteiger partial charge in [-0.25, -0.2) is 9.59 Å². The lowest BCUT2D eigenvalue weighted by molar-refractivity contribution is -0.143. The van der Waals surface area contributed by atoms with E-state index in [4.69, 9.17) is 10.5 Å². The monoisotopic (exact) mass is 215 g/mol. The van der Waals surface area contributed by atoms with E-state index in [1.807, 2.05) is 0 Å². The first kappa shape index (κ1) is 12.0. The average Bonchev–Trinajstić information content (AvgIpc) is 2.80. The van der Waals surface area contributed by atoms with Gasteiger partial charge in [0, 0.05) is 0 Å². The number of rotatable bonds is 2. The molecule has 0 unspecified atom stereocenters. The molecule has 5 heteroatoms. The van der Waals surface area contributed by atoms with Gasteiger partial charge in [0.2, 0.25) is 0 Å². The average molecular weight is 215 g/mol. The van der Waals surface area contributed by atoms with Gasteiger partial charge in [0.15, 0.2) is 0 Å². The van der Waals surface area contributed by atoms with Crippen LogP contribution in [0.2, 0.25) is 0 Å². The molecule has 0 aromatic carbocycles. The molecule has 0 aromatic rings. The SMILES string of the molecule is CC(C)(C)OC(=O)OC(=O)[C@H](N)C1CC1. The standard InChI is InChI=1S/C10H17NO4/c1-10(2,3)15-9(13)14-8(12)7(11)6-4-5-6/h6-7H,4-5,11H2,1-3H3/t7-/m1/s1. The van der Waals surface area contributed by atoms with Crippen LogP contribution in [0, 0.1) is 5.92 Å². The van der Waals surface area contributed by atoms with Gasteiger partial charge in [0.1, 0.15) is 11.6 Å². The Morgan fingerprint density at radius 2 is 1.87 bits per heavy atom. The molecule has 1 saturated carbocycles. The van der Waals surface area contributed by atoms with E-state index in [-0.39, 0.29) is 5.92 Å². The number of ether oxygens (including phenoxy) is 2. The van der Waals surface area contributed by atoms with E-state index in [9.17, 15) is 9.59 Å². The van der Waals surface area contributed by atoms with Crippen LogP contribution in [0.25, 0.3) is 0 Å². The highest BCUT2D eigenvalue weighted by atomic mass is 16.7. The fraction of sp³-hybridized carbons (Fsp3) is 0.800. The summed E-state index contributed by atoms with van der Waals surface area (Å²) >= 11 is 0. The second-order valence-electron chi connectivity index (χ2n) is 4.75. The molecular weight excluding hydrogens is 198 g/mol. The number of nitrogens with two attached hydrogens (primary N) is 1. The smallest absolute Gasteiger partial charge is 0.428 e. The molecule has 15 heavy (non-hydrogen) atoms. The molecular formula is C10H17NO4. The molecule has 5 nitrogen and oxygen atoms in total. The van der Waals surface area contributed by atoms with Crippen molar-refractivity contribution in [1.29, 1.82) is 0 Å². The third-order valence-electron chi connectivity index (χ3n) is 1.98. The van der Waals surface area contributed by atoms with Crippen LogP contribution in [0.4, 0.5) is 4.79 Å². The summed E-state index contributed by atoms with van der Waals surface area (Å²) in [5, 5.41) is 0. The van der Waals surface area contributed by atoms with E-state index in [2.05, 4.69) is 4.74 Å². The molecule has 1 rings (SSSR count). The van der Waals surface area contributed by atoms with Crippen molar-refractivity contribution in [2.75, 3.05) is 0 Å². The molecule has 1 aliphatic rings. The molecule has 0 radical (unpaired) electrons. The molecule has 0 heterocycles. The molecule has 0 aliphatic heterocycles. The van der Waals surface area contributed by atoms with Crippen LogP contribution in [-0.2, 0) is 14.3 Å². The van der Waals surface area contributed by atoms with Crippen LogP contribution >= 0.6 is 0 Å². The lowest BCUT2D eigenvalue weighted by Crippen LogP contribution is -2.37. The lowest BCUT2D eigenvalue weighted by atomic mass is 10.2. The Labute approximate surface area is 88.9 Å². The Bertz CT molecular complexity index is 265. The Hall–Kier alpha value is -1.10. The van der Waals surface area contributed by atoms with Crippen molar-refractivity contribution in [3.8, 4) is 0 Å². The fourth-order valence-corrected chi connectivity index (χ4v) is 1.07. The third kappa shape index (κ3) is 4.29. The minimum atomic E-state index is -0.983. The van der Waals surface area contributed by atoms with E-state index in [0.29, 0.717) is 0 Å². The molecule has 0 spiro atoms. The van der Waals surface area contributed by atoms with Crippen LogP contribution in [0.5, 0.6) is 0 Å². The Morgan fingerprint density at radius 1 is 1.33 bits per heavy atom. The zero-order valence-electron chi connectivity index (χ0n) is 9.28. The minimum absolute atomic E-state index is 0.167. The van der Waals surface area contributed by atoms with E-state index < -0.39 is 23.8 Å². The van der Waals surface area contributed by atoms with Crippen molar-refractivity contribution in [1.82, 2.24) is 0 Å². The summed E-state index contributed by atoms with van der Waals surface area (Å²) in [5.74, 6) is -0.535. The van der Waals surface area contributed by atoms with Crippen LogP contribution < -0.4 is 5.73 Å². The normalized spacial score (nSPS) is 18.1. The van der Waals surface area contributed by atoms with Gasteiger partial charge in [0.25, 0.3) is 0 Å². The van der Waals surface area contributed by atoms with Gasteiger partial charge in [-0.1, -0.05) is 0 Å². The zero-order valence-corrected chi connectivity index (χ0v) is 9.28. The molecule has 0 bridgehead atoms. The molecule has 0 amide bonds. The van der Waals surface area contributed by atoms with Gasteiger partial charge in [-0.3, -0.25) is 0 Å². The summed E-state index contributed by atoms with van der Waals surface area (Å²) in [7, 11) is 0. The largest absolute Gasteiger partial charge is 0.516 e. The Balaban J connectivity index is 2.34. The predicted octanol–water partition coefficient (Wildman–Crippen LogP) is 1.20. The van der Waals surface area contributed by atoms with E-state index in [1.54, 1.807) is 20.8 Å². The van der Waals surface area contributed by atoms with E-state index in [1.165, 1.54) is 0 Å². The molecule has 0 aromatic heterocycles. The van der Waals surface area contributed by atoms with E-state index >= 15 is 0 Å². The summed E-state index contributed by atoms with van der Waals surface area (Å²) in [6.45, 7) is 5.08. The van der Waals surface area contributed by atoms with Crippen LogP contribution in [0.1, 0.15) is 33.6 Å². The summed E-state index contributed by atoms with van der Waals surface area (Å²) < 4.78 is 9.29. The zero-order chi connectivity index (χ0) is 11.6. The summed E-state index contributed by atoms with van der Waals surface area (Å²) in [4.78, 5) is 22.4.